The SMILES string of the molecule is CCCCCCCC[C@H]1CC[C@H]2[C@@H]3CC=C4C[C@@H](OC(=O)/C=C(\C)Cl)CC[C@]4(C)[C@H]3CC[C@]12C. The lowest BCUT2D eigenvalue weighted by Gasteiger charge is -2.58. The molecule has 4 rings (SSSR count). The number of carbonyl (C=O) groups excluding carboxylic acids is 1. The van der Waals surface area contributed by atoms with Gasteiger partial charge in [-0.25, -0.2) is 4.79 Å². The maximum Gasteiger partial charge on any atom is 0.332 e. The fourth-order valence-electron chi connectivity index (χ4n) is 8.84. The Bertz CT molecular complexity index is 780. The molecule has 3 heteroatoms. The Labute approximate surface area is 214 Å². The molecule has 192 valence electrons. The van der Waals surface area contributed by atoms with Gasteiger partial charge in [-0.15, -0.1) is 0 Å². The van der Waals surface area contributed by atoms with Crippen molar-refractivity contribution in [1.82, 2.24) is 0 Å². The number of halogens is 1. The van der Waals surface area contributed by atoms with E-state index in [0.29, 0.717) is 15.9 Å². The summed E-state index contributed by atoms with van der Waals surface area (Å²) in [5.74, 6) is 3.27. The van der Waals surface area contributed by atoms with Crippen molar-refractivity contribution in [3.63, 3.8) is 0 Å². The molecule has 0 unspecified atom stereocenters. The number of rotatable bonds is 9. The molecule has 0 saturated heterocycles. The lowest BCUT2D eigenvalue weighted by Crippen LogP contribution is -2.50. The van der Waals surface area contributed by atoms with E-state index in [0.717, 1.165) is 42.9 Å². The van der Waals surface area contributed by atoms with Crippen LogP contribution >= 0.6 is 11.6 Å². The molecule has 0 N–H and O–H groups in total. The smallest absolute Gasteiger partial charge is 0.332 e. The molecule has 4 aliphatic rings. The highest BCUT2D eigenvalue weighted by Gasteiger charge is 2.58. The molecule has 0 radical (unpaired) electrons. The molecule has 4 aliphatic carbocycles. The Morgan fingerprint density at radius 2 is 1.82 bits per heavy atom. The van der Waals surface area contributed by atoms with Crippen LogP contribution in [0.2, 0.25) is 0 Å². The molecule has 0 heterocycles. The second-order valence-corrected chi connectivity index (χ2v) is 13.3. The summed E-state index contributed by atoms with van der Waals surface area (Å²) in [5.41, 5.74) is 2.46. The summed E-state index contributed by atoms with van der Waals surface area (Å²) >= 11 is 5.87. The van der Waals surface area contributed by atoms with E-state index in [1.165, 1.54) is 83.1 Å². The van der Waals surface area contributed by atoms with Crippen LogP contribution in [0.3, 0.4) is 0 Å². The van der Waals surface area contributed by atoms with Gasteiger partial charge in [0.15, 0.2) is 0 Å². The fourth-order valence-corrected chi connectivity index (χ4v) is 8.93. The largest absolute Gasteiger partial charge is 0.459 e. The topological polar surface area (TPSA) is 26.3 Å². The Balaban J connectivity index is 1.37. The van der Waals surface area contributed by atoms with E-state index in [4.69, 9.17) is 16.3 Å². The Morgan fingerprint density at radius 1 is 1.06 bits per heavy atom. The number of hydrogen-bond donors (Lipinski definition) is 0. The standard InChI is InChI=1S/C31H49ClO2/c1-5-6-7-8-9-10-11-23-13-15-27-26-14-12-24-21-25(34-29(33)20-22(2)32)16-18-31(24,4)28(26)17-19-30(23,27)3/h12,20,23,25-28H,5-11,13-19,21H2,1-4H3/b22-20+/t23-,25-,26-,27-,28-,30+,31-/m0/s1. The third-order valence-electron chi connectivity index (χ3n) is 10.8. The molecule has 0 aliphatic heterocycles. The second kappa shape index (κ2) is 11.1. The van der Waals surface area contributed by atoms with E-state index >= 15 is 0 Å². The van der Waals surface area contributed by atoms with E-state index in [2.05, 4.69) is 26.8 Å². The average molecular weight is 489 g/mol. The highest BCUT2D eigenvalue weighted by Crippen LogP contribution is 2.66. The Hall–Kier alpha value is -0.760. The maximum absolute atomic E-state index is 12.1. The molecule has 3 saturated carbocycles. The van der Waals surface area contributed by atoms with Gasteiger partial charge in [-0.2, -0.15) is 0 Å². The predicted molar refractivity (Wildman–Crippen MR) is 143 cm³/mol. The van der Waals surface area contributed by atoms with E-state index in [-0.39, 0.29) is 12.1 Å². The monoisotopic (exact) mass is 488 g/mol. The van der Waals surface area contributed by atoms with E-state index < -0.39 is 0 Å². The van der Waals surface area contributed by atoms with Crippen LogP contribution in [0, 0.1) is 34.5 Å². The molecule has 3 fully saturated rings. The van der Waals surface area contributed by atoms with Gasteiger partial charge in [0.25, 0.3) is 0 Å². The van der Waals surface area contributed by atoms with Gasteiger partial charge in [0.2, 0.25) is 0 Å². The van der Waals surface area contributed by atoms with E-state index in [1.54, 1.807) is 12.5 Å². The van der Waals surface area contributed by atoms with Crippen molar-refractivity contribution in [1.29, 1.82) is 0 Å². The van der Waals surface area contributed by atoms with Gasteiger partial charge in [-0.3, -0.25) is 0 Å². The third kappa shape index (κ3) is 5.33. The number of ether oxygens (including phenoxy) is 1. The molecule has 0 amide bonds. The van der Waals surface area contributed by atoms with Crippen molar-refractivity contribution in [2.24, 2.45) is 34.5 Å². The van der Waals surface area contributed by atoms with Crippen molar-refractivity contribution < 1.29 is 9.53 Å². The van der Waals surface area contributed by atoms with Gasteiger partial charge >= 0.3 is 5.97 Å². The van der Waals surface area contributed by atoms with Crippen LogP contribution in [0.15, 0.2) is 22.8 Å². The van der Waals surface area contributed by atoms with Crippen LogP contribution in [0.5, 0.6) is 0 Å². The highest BCUT2D eigenvalue weighted by molar-refractivity contribution is 6.30. The fraction of sp³-hybridized carbons (Fsp3) is 0.839. The molecule has 0 aromatic rings. The van der Waals surface area contributed by atoms with Gasteiger partial charge < -0.3 is 4.74 Å². The van der Waals surface area contributed by atoms with Crippen molar-refractivity contribution in [3.05, 3.63) is 22.8 Å². The normalized spacial score (nSPS) is 39.6. The van der Waals surface area contributed by atoms with Crippen LogP contribution in [-0.2, 0) is 9.53 Å². The van der Waals surface area contributed by atoms with Gasteiger partial charge in [0, 0.05) is 17.5 Å². The van der Waals surface area contributed by atoms with Gasteiger partial charge in [-0.05, 0) is 92.8 Å². The minimum Gasteiger partial charge on any atom is -0.459 e. The number of carbonyl (C=O) groups is 1. The van der Waals surface area contributed by atoms with Crippen LogP contribution < -0.4 is 0 Å². The number of esters is 1. The summed E-state index contributed by atoms with van der Waals surface area (Å²) < 4.78 is 5.76. The first-order valence-corrected chi connectivity index (χ1v) is 14.9. The van der Waals surface area contributed by atoms with E-state index in [1.807, 2.05) is 0 Å². The van der Waals surface area contributed by atoms with Gasteiger partial charge in [0.05, 0.1) is 0 Å². The zero-order chi connectivity index (χ0) is 24.3. The first-order valence-electron chi connectivity index (χ1n) is 14.5. The summed E-state index contributed by atoms with van der Waals surface area (Å²) in [5, 5.41) is 0.488. The first-order chi connectivity index (χ1) is 16.3. The second-order valence-electron chi connectivity index (χ2n) is 12.7. The van der Waals surface area contributed by atoms with Crippen LogP contribution in [0.25, 0.3) is 0 Å². The number of allylic oxidation sites excluding steroid dienone is 2. The minimum absolute atomic E-state index is 0.0117. The van der Waals surface area contributed by atoms with Crippen molar-refractivity contribution in [2.45, 2.75) is 130 Å². The molecular weight excluding hydrogens is 440 g/mol. The molecular formula is C31H49ClO2. The predicted octanol–water partition coefficient (Wildman–Crippen LogP) is 9.37. The molecule has 0 bridgehead atoms. The highest BCUT2D eigenvalue weighted by atomic mass is 35.5. The number of fused-ring (bicyclic) bond motifs is 5. The summed E-state index contributed by atoms with van der Waals surface area (Å²) in [6.07, 6.45) is 24.1. The zero-order valence-electron chi connectivity index (χ0n) is 22.3. The molecule has 34 heavy (non-hydrogen) atoms. The van der Waals surface area contributed by atoms with Crippen LogP contribution in [0.4, 0.5) is 0 Å². The summed E-state index contributed by atoms with van der Waals surface area (Å²) in [6, 6.07) is 0. The Morgan fingerprint density at radius 3 is 2.59 bits per heavy atom. The Kier molecular flexibility index (Phi) is 8.59. The summed E-state index contributed by atoms with van der Waals surface area (Å²) in [7, 11) is 0. The summed E-state index contributed by atoms with van der Waals surface area (Å²) in [4.78, 5) is 12.1. The summed E-state index contributed by atoms with van der Waals surface area (Å²) in [6.45, 7) is 9.25. The molecule has 0 aromatic carbocycles. The quantitative estimate of drug-likeness (QED) is 0.140. The molecule has 2 nitrogen and oxygen atoms in total. The van der Waals surface area contributed by atoms with Gasteiger partial charge in [-0.1, -0.05) is 82.5 Å². The lowest BCUT2D eigenvalue weighted by atomic mass is 9.47. The molecule has 0 aromatic heterocycles. The van der Waals surface area contributed by atoms with Crippen molar-refractivity contribution in [2.75, 3.05) is 0 Å². The number of unbranched alkanes of at least 4 members (excludes halogenated alkanes) is 5. The number of hydrogen-bond acceptors (Lipinski definition) is 2. The van der Waals surface area contributed by atoms with E-state index in [9.17, 15) is 4.79 Å². The third-order valence-corrected chi connectivity index (χ3v) is 10.9. The maximum atomic E-state index is 12.1. The van der Waals surface area contributed by atoms with Crippen molar-refractivity contribution in [3.8, 4) is 0 Å². The van der Waals surface area contributed by atoms with Crippen LogP contribution in [-0.4, -0.2) is 12.1 Å². The first kappa shape index (κ1) is 26.3. The lowest BCUT2D eigenvalue weighted by molar-refractivity contribution is -0.145. The van der Waals surface area contributed by atoms with Crippen molar-refractivity contribution >= 4 is 17.6 Å². The molecule has 7 atom stereocenters. The minimum atomic E-state index is -0.286. The molecule has 0 spiro atoms. The van der Waals surface area contributed by atoms with Crippen LogP contribution in [0.1, 0.15) is 124 Å². The van der Waals surface area contributed by atoms with Gasteiger partial charge in [0.1, 0.15) is 6.10 Å². The average Bonchev–Trinajstić information content (AvgIpc) is 3.12. The zero-order valence-corrected chi connectivity index (χ0v) is 23.1.